The zero-order valence-corrected chi connectivity index (χ0v) is 22.8. The maximum Gasteiger partial charge on any atom is 0.407 e. The summed E-state index contributed by atoms with van der Waals surface area (Å²) in [5.74, 6) is -1.83. The van der Waals surface area contributed by atoms with E-state index in [1.807, 2.05) is 71.6 Å². The highest BCUT2D eigenvalue weighted by Crippen LogP contribution is 2.44. The first kappa shape index (κ1) is 27.2. The molecule has 42 heavy (non-hydrogen) atoms. The Bertz CT molecular complexity index is 1570. The van der Waals surface area contributed by atoms with Crippen LogP contribution in [0.2, 0.25) is 0 Å². The molecule has 0 radical (unpaired) electrons. The van der Waals surface area contributed by atoms with Crippen molar-refractivity contribution < 1.29 is 28.8 Å². The highest BCUT2D eigenvalue weighted by molar-refractivity contribution is 5.98. The van der Waals surface area contributed by atoms with E-state index in [0.717, 1.165) is 34.1 Å². The second kappa shape index (κ2) is 11.5. The largest absolute Gasteiger partial charge is 0.479 e. The Labute approximate surface area is 242 Å². The number of benzene rings is 3. The Morgan fingerprint density at radius 2 is 1.64 bits per heavy atom. The first-order chi connectivity index (χ1) is 20.4. The molecule has 3 N–H and O–H groups in total. The lowest BCUT2D eigenvalue weighted by Crippen LogP contribution is -2.56. The van der Waals surface area contributed by atoms with Crippen molar-refractivity contribution >= 4 is 18.0 Å². The molecule has 10 heteroatoms. The minimum atomic E-state index is -1.46. The van der Waals surface area contributed by atoms with Gasteiger partial charge in [0.15, 0.2) is 5.54 Å². The lowest BCUT2D eigenvalue weighted by molar-refractivity contribution is -0.144. The van der Waals surface area contributed by atoms with Gasteiger partial charge in [-0.25, -0.2) is 9.59 Å². The number of ether oxygens (including phenoxy) is 1. The highest BCUT2D eigenvalue weighted by Gasteiger charge is 2.46. The standard InChI is InChI=1S/C32H30N4O6/c37-29(34-32(30(38)39)14-15-36(20-32)17-21-8-2-1-3-9-21)27-19-42-35-28(27)16-33-31(40)41-18-26-24-12-6-4-10-22(24)23-11-5-7-13-25(23)26/h1-13,19,26H,14-18,20H2,(H,33,40)(H,34,37)(H,38,39). The zero-order valence-electron chi connectivity index (χ0n) is 22.8. The normalized spacial score (nSPS) is 17.8. The first-order valence-electron chi connectivity index (χ1n) is 13.8. The number of hydrogen-bond donors (Lipinski definition) is 3. The van der Waals surface area contributed by atoms with Crippen LogP contribution in [-0.4, -0.2) is 58.4 Å². The second-order valence-electron chi connectivity index (χ2n) is 10.6. The molecule has 4 aromatic rings. The number of hydrogen-bond acceptors (Lipinski definition) is 7. The van der Waals surface area contributed by atoms with Gasteiger partial charge in [-0.05, 0) is 34.2 Å². The fourth-order valence-electron chi connectivity index (χ4n) is 5.86. The SMILES string of the molecule is O=C(NCc1nocc1C(=O)NC1(C(=O)O)CCN(Cc2ccccc2)C1)OCC1c2ccccc2-c2ccccc21. The molecular formula is C32H30N4O6. The van der Waals surface area contributed by atoms with E-state index in [4.69, 9.17) is 9.26 Å². The number of aliphatic carboxylic acids is 1. The Balaban J connectivity index is 1.06. The molecule has 0 bridgehead atoms. The number of amides is 2. The summed E-state index contributed by atoms with van der Waals surface area (Å²) in [6.07, 6.45) is 0.733. The lowest BCUT2D eigenvalue weighted by atomic mass is 9.98. The van der Waals surface area contributed by atoms with Gasteiger partial charge in [-0.2, -0.15) is 0 Å². The number of carboxylic acid groups (broad SMARTS) is 1. The van der Waals surface area contributed by atoms with Gasteiger partial charge in [0.05, 0.1) is 6.54 Å². The maximum absolute atomic E-state index is 13.2. The van der Waals surface area contributed by atoms with Gasteiger partial charge < -0.3 is 25.0 Å². The smallest absolute Gasteiger partial charge is 0.407 e. The average molecular weight is 567 g/mol. The van der Waals surface area contributed by atoms with Crippen molar-refractivity contribution in [3.63, 3.8) is 0 Å². The van der Waals surface area contributed by atoms with E-state index in [-0.39, 0.29) is 43.3 Å². The molecule has 1 saturated heterocycles. The van der Waals surface area contributed by atoms with Gasteiger partial charge in [-0.3, -0.25) is 9.69 Å². The topological polar surface area (TPSA) is 134 Å². The third-order valence-electron chi connectivity index (χ3n) is 7.99. The van der Waals surface area contributed by atoms with Gasteiger partial charge in [-0.1, -0.05) is 84.0 Å². The van der Waals surface area contributed by atoms with Crippen LogP contribution < -0.4 is 10.6 Å². The van der Waals surface area contributed by atoms with Crippen molar-refractivity contribution in [1.29, 1.82) is 0 Å². The molecular weight excluding hydrogens is 536 g/mol. The summed E-state index contributed by atoms with van der Waals surface area (Å²) in [6, 6.07) is 25.9. The predicted octanol–water partition coefficient (Wildman–Crippen LogP) is 4.17. The van der Waals surface area contributed by atoms with Crippen molar-refractivity contribution in [3.8, 4) is 11.1 Å². The molecule has 214 valence electrons. The molecule has 1 unspecified atom stereocenters. The van der Waals surface area contributed by atoms with Crippen molar-refractivity contribution in [1.82, 2.24) is 20.7 Å². The van der Waals surface area contributed by atoms with Crippen molar-refractivity contribution in [2.75, 3.05) is 19.7 Å². The molecule has 2 amide bonds. The van der Waals surface area contributed by atoms with Gasteiger partial charge >= 0.3 is 12.1 Å². The average Bonchev–Trinajstić information content (AvgIpc) is 3.72. The van der Waals surface area contributed by atoms with Crippen molar-refractivity contribution in [3.05, 3.63) is 113 Å². The van der Waals surface area contributed by atoms with Crippen LogP contribution in [0.15, 0.2) is 89.6 Å². The number of rotatable bonds is 9. The third kappa shape index (κ3) is 5.36. The minimum Gasteiger partial charge on any atom is -0.479 e. The molecule has 10 nitrogen and oxygen atoms in total. The molecule has 2 heterocycles. The molecule has 2 aliphatic rings. The summed E-state index contributed by atoms with van der Waals surface area (Å²) in [5.41, 5.74) is 4.28. The summed E-state index contributed by atoms with van der Waals surface area (Å²) in [5, 5.41) is 19.2. The van der Waals surface area contributed by atoms with Gasteiger partial charge in [0.2, 0.25) is 0 Å². The summed E-state index contributed by atoms with van der Waals surface area (Å²) in [6.45, 7) is 1.26. The van der Waals surface area contributed by atoms with E-state index >= 15 is 0 Å². The predicted molar refractivity (Wildman–Crippen MR) is 153 cm³/mol. The molecule has 1 aromatic heterocycles. The van der Waals surface area contributed by atoms with Gasteiger partial charge in [-0.15, -0.1) is 0 Å². The first-order valence-corrected chi connectivity index (χ1v) is 13.8. The molecule has 1 atom stereocenters. The van der Waals surface area contributed by atoms with Gasteiger partial charge in [0, 0.05) is 25.6 Å². The fraction of sp³-hybridized carbons (Fsp3) is 0.250. The summed E-state index contributed by atoms with van der Waals surface area (Å²) >= 11 is 0. The zero-order chi connectivity index (χ0) is 29.1. The summed E-state index contributed by atoms with van der Waals surface area (Å²) in [7, 11) is 0. The number of nitrogens with one attached hydrogen (secondary N) is 2. The number of alkyl carbamates (subject to hydrolysis) is 1. The number of fused-ring (bicyclic) bond motifs is 3. The number of carbonyl (C=O) groups excluding carboxylic acids is 2. The number of nitrogens with zero attached hydrogens (tertiary/aromatic N) is 2. The van der Waals surface area contributed by atoms with Gasteiger partial charge in [0.25, 0.3) is 5.91 Å². The summed E-state index contributed by atoms with van der Waals surface area (Å²) in [4.78, 5) is 40.1. The van der Waals surface area contributed by atoms with Crippen molar-refractivity contribution in [2.45, 2.75) is 31.0 Å². The van der Waals surface area contributed by atoms with Crippen LogP contribution in [0.4, 0.5) is 4.79 Å². The maximum atomic E-state index is 13.2. The van der Waals surface area contributed by atoms with E-state index in [2.05, 4.69) is 27.9 Å². The molecule has 1 aliphatic carbocycles. The Kier molecular flexibility index (Phi) is 7.45. The van der Waals surface area contributed by atoms with E-state index in [1.54, 1.807) is 0 Å². The van der Waals surface area contributed by atoms with Crippen LogP contribution in [0.3, 0.4) is 0 Å². The Hall–Kier alpha value is -4.96. The molecule has 0 spiro atoms. The van der Waals surface area contributed by atoms with Crippen LogP contribution in [0.25, 0.3) is 11.1 Å². The minimum absolute atomic E-state index is 0.0519. The molecule has 1 aliphatic heterocycles. The number of aromatic nitrogens is 1. The molecule has 0 saturated carbocycles. The lowest BCUT2D eigenvalue weighted by Gasteiger charge is -2.26. The van der Waals surface area contributed by atoms with Crippen LogP contribution >= 0.6 is 0 Å². The third-order valence-corrected chi connectivity index (χ3v) is 7.99. The summed E-state index contributed by atoms with van der Waals surface area (Å²) < 4.78 is 10.6. The molecule has 1 fully saturated rings. The monoisotopic (exact) mass is 566 g/mol. The van der Waals surface area contributed by atoms with Crippen molar-refractivity contribution in [2.24, 2.45) is 0 Å². The van der Waals surface area contributed by atoms with Crippen LogP contribution in [0.1, 0.15) is 45.1 Å². The number of carboxylic acids is 1. The quantitative estimate of drug-likeness (QED) is 0.275. The van der Waals surface area contributed by atoms with Crippen LogP contribution in [0.5, 0.6) is 0 Å². The highest BCUT2D eigenvalue weighted by atomic mass is 16.5. The van der Waals surface area contributed by atoms with E-state index < -0.39 is 23.5 Å². The van der Waals surface area contributed by atoms with E-state index in [0.29, 0.717) is 13.1 Å². The molecule has 6 rings (SSSR count). The second-order valence-corrected chi connectivity index (χ2v) is 10.6. The van der Waals surface area contributed by atoms with Crippen LogP contribution in [-0.2, 0) is 22.6 Å². The number of carbonyl (C=O) groups is 3. The Morgan fingerprint density at radius 1 is 0.976 bits per heavy atom. The molecule has 3 aromatic carbocycles. The van der Waals surface area contributed by atoms with Crippen LogP contribution in [0, 0.1) is 0 Å². The number of likely N-dealkylation sites (tertiary alicyclic amines) is 1. The van der Waals surface area contributed by atoms with E-state index in [9.17, 15) is 19.5 Å². The fourth-order valence-corrected chi connectivity index (χ4v) is 5.86. The van der Waals surface area contributed by atoms with Gasteiger partial charge in [0.1, 0.15) is 24.1 Å². The van der Waals surface area contributed by atoms with E-state index in [1.165, 1.54) is 0 Å². The Morgan fingerprint density at radius 3 is 2.33 bits per heavy atom.